The fourth-order valence-electron chi connectivity index (χ4n) is 0.992. The van der Waals surface area contributed by atoms with Gasteiger partial charge in [0.15, 0.2) is 0 Å². The van der Waals surface area contributed by atoms with Crippen LogP contribution in [0.3, 0.4) is 0 Å². The first-order valence-corrected chi connectivity index (χ1v) is 4.74. The number of hydrogen-bond acceptors (Lipinski definition) is 4. The van der Waals surface area contributed by atoms with Gasteiger partial charge in [-0.2, -0.15) is 0 Å². The van der Waals surface area contributed by atoms with Crippen LogP contribution >= 0.6 is 0 Å². The SMILES string of the molecule is COC(=O)CCNC(=O)Nc1cccnc1. The number of esters is 1. The summed E-state index contributed by atoms with van der Waals surface area (Å²) in [5.74, 6) is -0.360. The third kappa shape index (κ3) is 4.41. The Bertz CT molecular complexity index is 354. The van der Waals surface area contributed by atoms with Crippen LogP contribution < -0.4 is 10.6 Å². The fourth-order valence-corrected chi connectivity index (χ4v) is 0.992. The van der Waals surface area contributed by atoms with Gasteiger partial charge in [0, 0.05) is 12.7 Å². The summed E-state index contributed by atoms with van der Waals surface area (Å²) in [6.07, 6.45) is 3.29. The van der Waals surface area contributed by atoms with E-state index in [1.165, 1.54) is 13.3 Å². The molecule has 0 aromatic carbocycles. The van der Waals surface area contributed by atoms with Crippen molar-refractivity contribution < 1.29 is 14.3 Å². The molecule has 0 spiro atoms. The number of pyridine rings is 1. The van der Waals surface area contributed by atoms with Crippen molar-refractivity contribution >= 4 is 17.7 Å². The zero-order valence-electron chi connectivity index (χ0n) is 8.90. The largest absolute Gasteiger partial charge is 0.469 e. The Morgan fingerprint density at radius 2 is 2.31 bits per heavy atom. The normalized spacial score (nSPS) is 9.31. The summed E-state index contributed by atoms with van der Waals surface area (Å²) in [4.78, 5) is 25.9. The predicted molar refractivity (Wildman–Crippen MR) is 57.9 cm³/mol. The van der Waals surface area contributed by atoms with Crippen molar-refractivity contribution in [1.29, 1.82) is 0 Å². The van der Waals surface area contributed by atoms with Crippen LogP contribution in [0.5, 0.6) is 0 Å². The number of urea groups is 1. The maximum absolute atomic E-state index is 11.3. The molecule has 0 aliphatic heterocycles. The number of nitrogens with zero attached hydrogens (tertiary/aromatic N) is 1. The van der Waals surface area contributed by atoms with Gasteiger partial charge in [-0.1, -0.05) is 0 Å². The van der Waals surface area contributed by atoms with Gasteiger partial charge < -0.3 is 15.4 Å². The number of hydrogen-bond donors (Lipinski definition) is 2. The van der Waals surface area contributed by atoms with Gasteiger partial charge in [0.2, 0.25) is 0 Å². The number of carbonyl (C=O) groups excluding carboxylic acids is 2. The van der Waals surface area contributed by atoms with Gasteiger partial charge in [0.25, 0.3) is 0 Å². The highest BCUT2D eigenvalue weighted by atomic mass is 16.5. The molecule has 0 fully saturated rings. The maximum atomic E-state index is 11.3. The minimum Gasteiger partial charge on any atom is -0.469 e. The second-order valence-electron chi connectivity index (χ2n) is 2.95. The summed E-state index contributed by atoms with van der Waals surface area (Å²) in [5.41, 5.74) is 0.595. The molecule has 0 radical (unpaired) electrons. The van der Waals surface area contributed by atoms with Gasteiger partial charge in [-0.05, 0) is 12.1 Å². The van der Waals surface area contributed by atoms with E-state index in [4.69, 9.17) is 0 Å². The molecule has 6 nitrogen and oxygen atoms in total. The molecule has 6 heteroatoms. The van der Waals surface area contributed by atoms with E-state index in [2.05, 4.69) is 20.4 Å². The summed E-state index contributed by atoms with van der Waals surface area (Å²) >= 11 is 0. The van der Waals surface area contributed by atoms with Crippen molar-refractivity contribution in [2.45, 2.75) is 6.42 Å². The van der Waals surface area contributed by atoms with Crippen LogP contribution in [0, 0.1) is 0 Å². The van der Waals surface area contributed by atoms with Crippen LogP contribution in [0.15, 0.2) is 24.5 Å². The molecular weight excluding hydrogens is 210 g/mol. The van der Waals surface area contributed by atoms with E-state index in [9.17, 15) is 9.59 Å². The first-order valence-electron chi connectivity index (χ1n) is 4.74. The Morgan fingerprint density at radius 3 is 2.94 bits per heavy atom. The third-order valence-electron chi connectivity index (χ3n) is 1.76. The van der Waals surface area contributed by atoms with E-state index in [0.29, 0.717) is 5.69 Å². The van der Waals surface area contributed by atoms with Crippen molar-refractivity contribution in [3.05, 3.63) is 24.5 Å². The Balaban J connectivity index is 2.24. The van der Waals surface area contributed by atoms with Gasteiger partial charge in [0.05, 0.1) is 25.4 Å². The monoisotopic (exact) mass is 223 g/mol. The van der Waals surface area contributed by atoms with E-state index in [1.54, 1.807) is 18.3 Å². The molecule has 0 atom stereocenters. The average molecular weight is 223 g/mol. The lowest BCUT2D eigenvalue weighted by Crippen LogP contribution is -2.30. The molecule has 0 aliphatic rings. The number of rotatable bonds is 4. The third-order valence-corrected chi connectivity index (χ3v) is 1.76. The predicted octanol–water partition coefficient (Wildman–Crippen LogP) is 0.766. The lowest BCUT2D eigenvalue weighted by Gasteiger charge is -2.06. The van der Waals surface area contributed by atoms with Crippen LogP contribution in [-0.2, 0) is 9.53 Å². The zero-order chi connectivity index (χ0) is 11.8. The van der Waals surface area contributed by atoms with Crippen molar-refractivity contribution in [3.63, 3.8) is 0 Å². The van der Waals surface area contributed by atoms with Gasteiger partial charge in [-0.3, -0.25) is 9.78 Å². The highest BCUT2D eigenvalue weighted by Gasteiger charge is 2.03. The maximum Gasteiger partial charge on any atom is 0.319 e. The minimum absolute atomic E-state index is 0.150. The van der Waals surface area contributed by atoms with Crippen LogP contribution in [0.4, 0.5) is 10.5 Å². The highest BCUT2D eigenvalue weighted by molar-refractivity contribution is 5.89. The van der Waals surface area contributed by atoms with Crippen LogP contribution in [0.1, 0.15) is 6.42 Å². The van der Waals surface area contributed by atoms with Crippen molar-refractivity contribution in [2.75, 3.05) is 19.0 Å². The molecule has 0 unspecified atom stereocenters. The number of ether oxygens (including phenoxy) is 1. The van der Waals surface area contributed by atoms with E-state index in [0.717, 1.165) is 0 Å². The smallest absolute Gasteiger partial charge is 0.319 e. The lowest BCUT2D eigenvalue weighted by molar-refractivity contribution is -0.140. The van der Waals surface area contributed by atoms with Gasteiger partial charge >= 0.3 is 12.0 Å². The number of anilines is 1. The second kappa shape index (κ2) is 6.39. The Hall–Kier alpha value is -2.11. The van der Waals surface area contributed by atoms with E-state index in [-0.39, 0.29) is 25.0 Å². The molecule has 2 amide bonds. The molecule has 0 aliphatic carbocycles. The number of carbonyl (C=O) groups is 2. The molecule has 1 aromatic heterocycles. The van der Waals surface area contributed by atoms with Crippen LogP contribution in [-0.4, -0.2) is 30.6 Å². The average Bonchev–Trinajstić information content (AvgIpc) is 2.30. The molecule has 86 valence electrons. The molecule has 16 heavy (non-hydrogen) atoms. The second-order valence-corrected chi connectivity index (χ2v) is 2.95. The summed E-state index contributed by atoms with van der Waals surface area (Å²) in [6, 6.07) is 3.05. The van der Waals surface area contributed by atoms with Crippen LogP contribution in [0.2, 0.25) is 0 Å². The molecule has 0 saturated carbocycles. The Morgan fingerprint density at radius 1 is 1.50 bits per heavy atom. The highest BCUT2D eigenvalue weighted by Crippen LogP contribution is 2.01. The van der Waals surface area contributed by atoms with Crippen molar-refractivity contribution in [3.8, 4) is 0 Å². The van der Waals surface area contributed by atoms with Crippen molar-refractivity contribution in [1.82, 2.24) is 10.3 Å². The Kier molecular flexibility index (Phi) is 4.78. The molecule has 1 aromatic rings. The quantitative estimate of drug-likeness (QED) is 0.739. The number of nitrogens with one attached hydrogen (secondary N) is 2. The molecule has 1 heterocycles. The molecule has 1 rings (SSSR count). The van der Waals surface area contributed by atoms with E-state index >= 15 is 0 Å². The lowest BCUT2D eigenvalue weighted by atomic mass is 10.4. The number of aromatic nitrogens is 1. The van der Waals surface area contributed by atoms with Crippen molar-refractivity contribution in [2.24, 2.45) is 0 Å². The Labute approximate surface area is 93.0 Å². The molecule has 2 N–H and O–H groups in total. The van der Waals surface area contributed by atoms with Gasteiger partial charge in [-0.15, -0.1) is 0 Å². The van der Waals surface area contributed by atoms with Crippen LogP contribution in [0.25, 0.3) is 0 Å². The summed E-state index contributed by atoms with van der Waals surface area (Å²) in [6.45, 7) is 0.235. The van der Waals surface area contributed by atoms with E-state index < -0.39 is 0 Å². The fraction of sp³-hybridized carbons (Fsp3) is 0.300. The standard InChI is InChI=1S/C10H13N3O3/c1-16-9(14)4-6-12-10(15)13-8-3-2-5-11-7-8/h2-3,5,7H,4,6H2,1H3,(H2,12,13,15). The van der Waals surface area contributed by atoms with E-state index in [1.807, 2.05) is 0 Å². The summed E-state index contributed by atoms with van der Waals surface area (Å²) < 4.78 is 4.43. The molecular formula is C10H13N3O3. The zero-order valence-corrected chi connectivity index (χ0v) is 8.90. The van der Waals surface area contributed by atoms with Gasteiger partial charge in [-0.25, -0.2) is 4.79 Å². The summed E-state index contributed by atoms with van der Waals surface area (Å²) in [7, 11) is 1.30. The molecule has 0 saturated heterocycles. The number of methoxy groups -OCH3 is 1. The first-order chi connectivity index (χ1) is 7.72. The molecule has 0 bridgehead atoms. The van der Waals surface area contributed by atoms with Gasteiger partial charge in [0.1, 0.15) is 0 Å². The topological polar surface area (TPSA) is 80.3 Å². The minimum atomic E-state index is -0.378. The first kappa shape index (κ1) is 12.0. The summed E-state index contributed by atoms with van der Waals surface area (Å²) in [5, 5.41) is 5.09. The number of amides is 2.